The molecule has 0 spiro atoms. The molecule has 0 amide bonds. The molecule has 1 saturated heterocycles. The maximum atomic E-state index is 13.1. The highest BCUT2D eigenvalue weighted by Gasteiger charge is 2.33. The molecule has 0 bridgehead atoms. The lowest BCUT2D eigenvalue weighted by molar-refractivity contribution is 0.439. The van der Waals surface area contributed by atoms with Crippen molar-refractivity contribution >= 4 is 5.69 Å². The number of nitrogens with one attached hydrogen (secondary N) is 2. The van der Waals surface area contributed by atoms with Gasteiger partial charge in [-0.2, -0.15) is 0 Å². The van der Waals surface area contributed by atoms with Gasteiger partial charge in [0.1, 0.15) is 5.82 Å². The summed E-state index contributed by atoms with van der Waals surface area (Å²) >= 11 is 0. The van der Waals surface area contributed by atoms with Crippen molar-refractivity contribution in [3.63, 3.8) is 0 Å². The predicted molar refractivity (Wildman–Crippen MR) is 54.0 cm³/mol. The van der Waals surface area contributed by atoms with Crippen LogP contribution in [-0.2, 0) is 0 Å². The zero-order chi connectivity index (χ0) is 9.54. The van der Waals surface area contributed by atoms with Crippen LogP contribution in [0.15, 0.2) is 18.2 Å². The maximum absolute atomic E-state index is 13.1. The number of rotatable bonds is 0. The second-order valence-corrected chi connectivity index (χ2v) is 4.08. The molecule has 3 rings (SSSR count). The Morgan fingerprint density at radius 2 is 2.29 bits per heavy atom. The first-order valence-electron chi connectivity index (χ1n) is 5.11. The maximum Gasteiger partial charge on any atom is 0.123 e. The normalized spacial score (nSPS) is 29.2. The lowest BCUT2D eigenvalue weighted by Crippen LogP contribution is -2.38. The summed E-state index contributed by atoms with van der Waals surface area (Å²) in [6, 6.07) is 5.55. The van der Waals surface area contributed by atoms with Crippen LogP contribution in [0.1, 0.15) is 17.9 Å². The van der Waals surface area contributed by atoms with Crippen molar-refractivity contribution in [2.24, 2.45) is 0 Å². The smallest absolute Gasteiger partial charge is 0.123 e. The van der Waals surface area contributed by atoms with E-state index in [2.05, 4.69) is 10.6 Å². The van der Waals surface area contributed by atoms with E-state index in [4.69, 9.17) is 0 Å². The zero-order valence-corrected chi connectivity index (χ0v) is 7.89. The number of piperidine rings is 1. The predicted octanol–water partition coefficient (Wildman–Crippen LogP) is 1.70. The van der Waals surface area contributed by atoms with Gasteiger partial charge in [-0.15, -0.1) is 0 Å². The minimum atomic E-state index is -0.128. The molecule has 2 heterocycles. The topological polar surface area (TPSA) is 24.1 Å². The van der Waals surface area contributed by atoms with Gasteiger partial charge in [0.2, 0.25) is 0 Å². The van der Waals surface area contributed by atoms with E-state index in [1.54, 1.807) is 6.07 Å². The standard InChI is InChI=1S/C11H13FN2/c12-7-1-2-10-8(5-7)9-6-13-4-3-11(9)14-10/h1-2,5,9,11,13-14H,3-4,6H2. The summed E-state index contributed by atoms with van der Waals surface area (Å²) in [5.74, 6) is 0.325. The highest BCUT2D eigenvalue weighted by Crippen LogP contribution is 2.38. The summed E-state index contributed by atoms with van der Waals surface area (Å²) in [7, 11) is 0. The first kappa shape index (κ1) is 8.24. The SMILES string of the molecule is Fc1ccc2c(c1)C1CNCCC1N2. The lowest BCUT2D eigenvalue weighted by atomic mass is 9.90. The average Bonchev–Trinajstić information content (AvgIpc) is 2.56. The number of anilines is 1. The first-order valence-corrected chi connectivity index (χ1v) is 5.11. The fourth-order valence-corrected chi connectivity index (χ4v) is 2.53. The number of benzene rings is 1. The van der Waals surface area contributed by atoms with Crippen LogP contribution in [0.3, 0.4) is 0 Å². The van der Waals surface area contributed by atoms with Gasteiger partial charge in [-0.25, -0.2) is 4.39 Å². The zero-order valence-electron chi connectivity index (χ0n) is 7.89. The molecule has 1 fully saturated rings. The molecule has 1 aromatic rings. The molecule has 0 aromatic heterocycles. The van der Waals surface area contributed by atoms with Crippen LogP contribution in [0.2, 0.25) is 0 Å². The van der Waals surface area contributed by atoms with Gasteiger partial charge < -0.3 is 10.6 Å². The van der Waals surface area contributed by atoms with Crippen molar-refractivity contribution in [2.75, 3.05) is 18.4 Å². The molecule has 14 heavy (non-hydrogen) atoms. The van der Waals surface area contributed by atoms with Gasteiger partial charge in [0.25, 0.3) is 0 Å². The molecule has 2 nitrogen and oxygen atoms in total. The molecule has 2 aliphatic heterocycles. The Balaban J connectivity index is 2.02. The molecule has 2 unspecified atom stereocenters. The van der Waals surface area contributed by atoms with E-state index in [0.717, 1.165) is 30.8 Å². The summed E-state index contributed by atoms with van der Waals surface area (Å²) in [5, 5.41) is 6.81. The molecular weight excluding hydrogens is 179 g/mol. The van der Waals surface area contributed by atoms with Crippen LogP contribution < -0.4 is 10.6 Å². The van der Waals surface area contributed by atoms with Crippen molar-refractivity contribution in [1.29, 1.82) is 0 Å². The number of halogens is 1. The molecule has 74 valence electrons. The fourth-order valence-electron chi connectivity index (χ4n) is 2.53. The molecule has 0 radical (unpaired) electrons. The van der Waals surface area contributed by atoms with E-state index >= 15 is 0 Å². The largest absolute Gasteiger partial charge is 0.381 e. The fraction of sp³-hybridized carbons (Fsp3) is 0.455. The van der Waals surface area contributed by atoms with Crippen molar-refractivity contribution in [1.82, 2.24) is 5.32 Å². The van der Waals surface area contributed by atoms with Crippen LogP contribution in [-0.4, -0.2) is 19.1 Å². The van der Waals surface area contributed by atoms with Gasteiger partial charge >= 0.3 is 0 Å². The minimum absolute atomic E-state index is 0.128. The van der Waals surface area contributed by atoms with Crippen LogP contribution in [0.25, 0.3) is 0 Å². The summed E-state index contributed by atoms with van der Waals surface area (Å²) in [6.45, 7) is 2.03. The van der Waals surface area contributed by atoms with Crippen molar-refractivity contribution in [3.05, 3.63) is 29.6 Å². The quantitative estimate of drug-likeness (QED) is 0.653. The summed E-state index contributed by atoms with van der Waals surface area (Å²) in [4.78, 5) is 0. The van der Waals surface area contributed by atoms with E-state index in [9.17, 15) is 4.39 Å². The van der Waals surface area contributed by atoms with Crippen LogP contribution >= 0.6 is 0 Å². The van der Waals surface area contributed by atoms with E-state index in [1.807, 2.05) is 6.07 Å². The van der Waals surface area contributed by atoms with Crippen LogP contribution in [0.5, 0.6) is 0 Å². The Bertz CT molecular complexity index is 364. The van der Waals surface area contributed by atoms with E-state index in [-0.39, 0.29) is 5.82 Å². The van der Waals surface area contributed by atoms with Gasteiger partial charge in [0.15, 0.2) is 0 Å². The van der Waals surface area contributed by atoms with Crippen molar-refractivity contribution in [2.45, 2.75) is 18.4 Å². The summed E-state index contributed by atoms with van der Waals surface area (Å²) in [5.41, 5.74) is 2.26. The van der Waals surface area contributed by atoms with Gasteiger partial charge in [-0.3, -0.25) is 0 Å². The lowest BCUT2D eigenvalue weighted by Gasteiger charge is -2.26. The minimum Gasteiger partial charge on any atom is -0.381 e. The highest BCUT2D eigenvalue weighted by atomic mass is 19.1. The monoisotopic (exact) mass is 192 g/mol. The average molecular weight is 192 g/mol. The molecule has 2 atom stereocenters. The van der Waals surface area contributed by atoms with Gasteiger partial charge in [-0.05, 0) is 36.7 Å². The van der Waals surface area contributed by atoms with Crippen LogP contribution in [0, 0.1) is 5.82 Å². The second-order valence-electron chi connectivity index (χ2n) is 4.08. The Hall–Kier alpha value is -1.09. The first-order chi connectivity index (χ1) is 6.84. The van der Waals surface area contributed by atoms with Gasteiger partial charge in [0, 0.05) is 24.2 Å². The molecule has 1 aromatic carbocycles. The second kappa shape index (κ2) is 2.95. The van der Waals surface area contributed by atoms with Crippen molar-refractivity contribution < 1.29 is 4.39 Å². The van der Waals surface area contributed by atoms with Gasteiger partial charge in [0.05, 0.1) is 0 Å². The number of fused-ring (bicyclic) bond motifs is 3. The third kappa shape index (κ3) is 1.12. The Morgan fingerprint density at radius 1 is 1.36 bits per heavy atom. The van der Waals surface area contributed by atoms with Crippen molar-refractivity contribution in [3.8, 4) is 0 Å². The van der Waals surface area contributed by atoms with E-state index in [1.165, 1.54) is 6.07 Å². The van der Waals surface area contributed by atoms with E-state index < -0.39 is 0 Å². The Morgan fingerprint density at radius 3 is 3.21 bits per heavy atom. The molecule has 3 heteroatoms. The molecular formula is C11H13FN2. The number of hydrogen-bond acceptors (Lipinski definition) is 2. The Labute approximate surface area is 82.5 Å². The highest BCUT2D eigenvalue weighted by molar-refractivity contribution is 5.59. The third-order valence-electron chi connectivity index (χ3n) is 3.24. The summed E-state index contributed by atoms with van der Waals surface area (Å²) < 4.78 is 13.1. The molecule has 2 N–H and O–H groups in total. The Kier molecular flexibility index (Phi) is 1.74. The molecule has 0 saturated carbocycles. The van der Waals surface area contributed by atoms with E-state index in [0.29, 0.717) is 12.0 Å². The molecule has 2 aliphatic rings. The van der Waals surface area contributed by atoms with Gasteiger partial charge in [-0.1, -0.05) is 0 Å². The summed E-state index contributed by atoms with van der Waals surface area (Å²) in [6.07, 6.45) is 1.13. The van der Waals surface area contributed by atoms with Crippen LogP contribution in [0.4, 0.5) is 10.1 Å². The number of hydrogen-bond donors (Lipinski definition) is 2. The third-order valence-corrected chi connectivity index (χ3v) is 3.24. The molecule has 0 aliphatic carbocycles.